The fraction of sp³-hybridized carbons (Fsp3) is 0.154. The molecular weight excluding hydrogens is 268 g/mol. The van der Waals surface area contributed by atoms with Gasteiger partial charge in [-0.2, -0.15) is 0 Å². The van der Waals surface area contributed by atoms with E-state index >= 15 is 0 Å². The van der Waals surface area contributed by atoms with Crippen LogP contribution in [0, 0.1) is 0 Å². The van der Waals surface area contributed by atoms with Crippen LogP contribution >= 0.6 is 22.9 Å². The van der Waals surface area contributed by atoms with Crippen LogP contribution in [-0.2, 0) is 11.3 Å². The van der Waals surface area contributed by atoms with Crippen molar-refractivity contribution in [2.45, 2.75) is 12.6 Å². The van der Waals surface area contributed by atoms with Crippen molar-refractivity contribution in [3.8, 4) is 0 Å². The first-order chi connectivity index (χ1) is 8.66. The van der Waals surface area contributed by atoms with E-state index in [0.717, 1.165) is 10.4 Å². The zero-order valence-electron chi connectivity index (χ0n) is 9.60. The highest BCUT2D eigenvalue weighted by Crippen LogP contribution is 2.17. The van der Waals surface area contributed by atoms with Crippen LogP contribution in [0.5, 0.6) is 0 Å². The molecule has 1 atom stereocenters. The van der Waals surface area contributed by atoms with Gasteiger partial charge in [0.2, 0.25) is 5.91 Å². The van der Waals surface area contributed by atoms with E-state index in [9.17, 15) is 4.79 Å². The molecule has 0 radical (unpaired) electrons. The average molecular weight is 281 g/mol. The lowest BCUT2D eigenvalue weighted by Gasteiger charge is -2.10. The number of hydrogen-bond acceptors (Lipinski definition) is 3. The molecule has 1 amide bonds. The normalized spacial score (nSPS) is 12.1. The third-order valence-electron chi connectivity index (χ3n) is 2.51. The van der Waals surface area contributed by atoms with Gasteiger partial charge in [-0.15, -0.1) is 11.3 Å². The number of benzene rings is 1. The molecule has 1 unspecified atom stereocenters. The van der Waals surface area contributed by atoms with E-state index < -0.39 is 6.04 Å². The van der Waals surface area contributed by atoms with Crippen LogP contribution in [0.4, 0.5) is 0 Å². The number of rotatable bonds is 4. The van der Waals surface area contributed by atoms with Crippen LogP contribution in [0.2, 0.25) is 5.02 Å². The summed E-state index contributed by atoms with van der Waals surface area (Å²) in [5.41, 5.74) is 6.84. The molecule has 18 heavy (non-hydrogen) atoms. The van der Waals surface area contributed by atoms with Gasteiger partial charge in [0.25, 0.3) is 0 Å². The lowest BCUT2D eigenvalue weighted by molar-refractivity contribution is -0.122. The van der Waals surface area contributed by atoms with Gasteiger partial charge in [-0.1, -0.05) is 29.8 Å². The average Bonchev–Trinajstić information content (AvgIpc) is 2.90. The van der Waals surface area contributed by atoms with Crippen molar-refractivity contribution < 1.29 is 4.79 Å². The van der Waals surface area contributed by atoms with Crippen molar-refractivity contribution in [2.24, 2.45) is 5.73 Å². The molecule has 0 saturated carbocycles. The van der Waals surface area contributed by atoms with E-state index in [1.165, 1.54) is 11.3 Å². The van der Waals surface area contributed by atoms with Crippen LogP contribution in [0.1, 0.15) is 16.5 Å². The largest absolute Gasteiger partial charge is 0.350 e. The van der Waals surface area contributed by atoms with Gasteiger partial charge in [-0.05, 0) is 29.1 Å². The third-order valence-corrected chi connectivity index (χ3v) is 3.72. The van der Waals surface area contributed by atoms with Crippen molar-refractivity contribution in [1.82, 2.24) is 5.32 Å². The Kier molecular flexibility index (Phi) is 4.36. The predicted octanol–water partition coefficient (Wildman–Crippen LogP) is 2.72. The predicted molar refractivity (Wildman–Crippen MR) is 74.5 cm³/mol. The minimum absolute atomic E-state index is 0.174. The quantitative estimate of drug-likeness (QED) is 0.905. The summed E-state index contributed by atoms with van der Waals surface area (Å²) in [5, 5.41) is 5.39. The Bertz CT molecular complexity index is 510. The molecule has 0 aliphatic heterocycles. The molecule has 0 aliphatic carbocycles. The van der Waals surface area contributed by atoms with Crippen LogP contribution in [-0.4, -0.2) is 5.91 Å². The molecule has 2 rings (SSSR count). The zero-order chi connectivity index (χ0) is 13.0. The Morgan fingerprint density at radius 3 is 2.67 bits per heavy atom. The highest BCUT2D eigenvalue weighted by molar-refractivity contribution is 7.10. The van der Waals surface area contributed by atoms with E-state index in [-0.39, 0.29) is 5.91 Å². The van der Waals surface area contributed by atoms with E-state index in [1.807, 2.05) is 29.6 Å². The summed E-state index contributed by atoms with van der Waals surface area (Å²) < 4.78 is 0. The number of halogens is 1. The number of amides is 1. The second-order valence-electron chi connectivity index (χ2n) is 3.84. The van der Waals surface area contributed by atoms with Crippen LogP contribution in [0.15, 0.2) is 41.8 Å². The number of carbonyl (C=O) groups excluding carboxylic acids is 1. The molecule has 0 spiro atoms. The highest BCUT2D eigenvalue weighted by atomic mass is 35.5. The molecule has 3 nitrogen and oxygen atoms in total. The number of hydrogen-bond donors (Lipinski definition) is 2. The number of thiophene rings is 1. The third kappa shape index (κ3) is 3.32. The molecule has 3 N–H and O–H groups in total. The zero-order valence-corrected chi connectivity index (χ0v) is 11.2. The van der Waals surface area contributed by atoms with Crippen molar-refractivity contribution in [3.05, 3.63) is 57.2 Å². The maximum absolute atomic E-state index is 11.8. The second-order valence-corrected chi connectivity index (χ2v) is 5.25. The maximum atomic E-state index is 11.8. The number of nitrogens with one attached hydrogen (secondary N) is 1. The minimum Gasteiger partial charge on any atom is -0.350 e. The molecular formula is C13H13ClN2OS. The first-order valence-electron chi connectivity index (χ1n) is 5.48. The Labute approximate surface area is 115 Å². The molecule has 94 valence electrons. The van der Waals surface area contributed by atoms with Crippen molar-refractivity contribution in [1.29, 1.82) is 0 Å². The van der Waals surface area contributed by atoms with Crippen LogP contribution in [0.3, 0.4) is 0 Å². The molecule has 0 aliphatic rings. The summed E-state index contributed by atoms with van der Waals surface area (Å²) in [6, 6.07) is 10.5. The Hall–Kier alpha value is -1.36. The summed E-state index contributed by atoms with van der Waals surface area (Å²) >= 11 is 7.27. The van der Waals surface area contributed by atoms with Gasteiger partial charge in [0.15, 0.2) is 0 Å². The second kappa shape index (κ2) is 6.00. The molecule has 1 aromatic heterocycles. The van der Waals surface area contributed by atoms with Gasteiger partial charge in [0, 0.05) is 16.4 Å². The Balaban J connectivity index is 1.90. The summed E-state index contributed by atoms with van der Waals surface area (Å²) in [4.78, 5) is 12.7. The summed E-state index contributed by atoms with van der Waals surface area (Å²) in [6.07, 6.45) is 0. The van der Waals surface area contributed by atoms with Crippen molar-refractivity contribution in [2.75, 3.05) is 0 Å². The maximum Gasteiger partial charge on any atom is 0.242 e. The van der Waals surface area contributed by atoms with Crippen molar-refractivity contribution in [3.63, 3.8) is 0 Å². The molecule has 0 bridgehead atoms. The number of nitrogens with two attached hydrogens (primary N) is 1. The van der Waals surface area contributed by atoms with Gasteiger partial charge in [0.05, 0.1) is 0 Å². The van der Waals surface area contributed by atoms with Crippen LogP contribution < -0.4 is 11.1 Å². The molecule has 1 heterocycles. The fourth-order valence-corrected chi connectivity index (χ4v) is 2.35. The van der Waals surface area contributed by atoms with Gasteiger partial charge >= 0.3 is 0 Å². The SMILES string of the molecule is NC(C(=O)NCc1ccc(Cl)cc1)c1cccs1. The summed E-state index contributed by atoms with van der Waals surface area (Å²) in [6.45, 7) is 0.453. The van der Waals surface area contributed by atoms with E-state index in [4.69, 9.17) is 17.3 Å². The molecule has 2 aromatic rings. The summed E-state index contributed by atoms with van der Waals surface area (Å²) in [7, 11) is 0. The Morgan fingerprint density at radius 2 is 2.06 bits per heavy atom. The van der Waals surface area contributed by atoms with Crippen LogP contribution in [0.25, 0.3) is 0 Å². The topological polar surface area (TPSA) is 55.1 Å². The van der Waals surface area contributed by atoms with Crippen molar-refractivity contribution >= 4 is 28.8 Å². The highest BCUT2D eigenvalue weighted by Gasteiger charge is 2.15. The van der Waals surface area contributed by atoms with E-state index in [0.29, 0.717) is 11.6 Å². The molecule has 5 heteroatoms. The van der Waals surface area contributed by atoms with Gasteiger partial charge < -0.3 is 11.1 Å². The van der Waals surface area contributed by atoms with E-state index in [1.54, 1.807) is 12.1 Å². The fourth-order valence-electron chi connectivity index (χ4n) is 1.50. The first-order valence-corrected chi connectivity index (χ1v) is 6.74. The smallest absolute Gasteiger partial charge is 0.242 e. The van der Waals surface area contributed by atoms with E-state index in [2.05, 4.69) is 5.32 Å². The Morgan fingerprint density at radius 1 is 1.33 bits per heavy atom. The molecule has 1 aromatic carbocycles. The van der Waals surface area contributed by atoms with Gasteiger partial charge in [-0.25, -0.2) is 0 Å². The van der Waals surface area contributed by atoms with Gasteiger partial charge in [0.1, 0.15) is 6.04 Å². The molecule has 0 saturated heterocycles. The number of carbonyl (C=O) groups is 1. The minimum atomic E-state index is -0.600. The first kappa shape index (κ1) is 13.1. The monoisotopic (exact) mass is 280 g/mol. The standard InChI is InChI=1S/C13H13ClN2OS/c14-10-5-3-9(4-6-10)8-16-13(17)12(15)11-2-1-7-18-11/h1-7,12H,8,15H2,(H,16,17). The van der Waals surface area contributed by atoms with Gasteiger partial charge in [-0.3, -0.25) is 4.79 Å². The lowest BCUT2D eigenvalue weighted by Crippen LogP contribution is -2.33. The summed E-state index contributed by atoms with van der Waals surface area (Å²) in [5.74, 6) is -0.174. The molecule has 0 fully saturated rings. The lowest BCUT2D eigenvalue weighted by atomic mass is 10.2.